The third kappa shape index (κ3) is 2.79. The SMILES string of the molecule is COc1cccc(C2=CCN(C(=O)c3[nH]c4ccccc4c3Cl)C2)c1. The van der Waals surface area contributed by atoms with E-state index in [0.29, 0.717) is 23.8 Å². The number of carbonyl (C=O) groups excluding carboxylic acids is 1. The predicted molar refractivity (Wildman–Crippen MR) is 100 cm³/mol. The fourth-order valence-electron chi connectivity index (χ4n) is 3.15. The smallest absolute Gasteiger partial charge is 0.272 e. The van der Waals surface area contributed by atoms with Crippen molar-refractivity contribution >= 4 is 34.0 Å². The van der Waals surface area contributed by atoms with Gasteiger partial charge in [0.15, 0.2) is 0 Å². The molecule has 1 N–H and O–H groups in total. The van der Waals surface area contributed by atoms with Crippen molar-refractivity contribution in [3.8, 4) is 5.75 Å². The Balaban J connectivity index is 1.57. The number of para-hydroxylation sites is 1. The minimum absolute atomic E-state index is 0.0876. The monoisotopic (exact) mass is 352 g/mol. The van der Waals surface area contributed by atoms with Crippen LogP contribution in [0.15, 0.2) is 54.6 Å². The number of nitrogens with one attached hydrogen (secondary N) is 1. The van der Waals surface area contributed by atoms with Crippen molar-refractivity contribution < 1.29 is 9.53 Å². The summed E-state index contributed by atoms with van der Waals surface area (Å²) in [6.07, 6.45) is 2.07. The van der Waals surface area contributed by atoms with E-state index in [2.05, 4.69) is 11.1 Å². The standard InChI is InChI=1S/C20H17ClN2O2/c1-25-15-6-4-5-13(11-15)14-9-10-23(12-14)20(24)19-18(21)16-7-2-3-8-17(16)22-19/h2-9,11,22H,10,12H2,1H3. The minimum Gasteiger partial charge on any atom is -0.497 e. The van der Waals surface area contributed by atoms with Crippen molar-refractivity contribution in [3.05, 3.63) is 70.9 Å². The molecule has 5 heteroatoms. The van der Waals surface area contributed by atoms with Gasteiger partial charge in [-0.1, -0.05) is 48.0 Å². The van der Waals surface area contributed by atoms with Gasteiger partial charge in [0.05, 0.1) is 12.1 Å². The molecule has 0 aliphatic carbocycles. The summed E-state index contributed by atoms with van der Waals surface area (Å²) in [4.78, 5) is 17.8. The van der Waals surface area contributed by atoms with Crippen molar-refractivity contribution in [3.63, 3.8) is 0 Å². The summed E-state index contributed by atoms with van der Waals surface area (Å²) in [5.74, 6) is 0.720. The molecule has 0 saturated heterocycles. The number of ether oxygens (including phenoxy) is 1. The van der Waals surface area contributed by atoms with E-state index < -0.39 is 0 Å². The van der Waals surface area contributed by atoms with Gasteiger partial charge >= 0.3 is 0 Å². The van der Waals surface area contributed by atoms with Crippen molar-refractivity contribution in [2.75, 3.05) is 20.2 Å². The van der Waals surface area contributed by atoms with Crippen molar-refractivity contribution in [1.82, 2.24) is 9.88 Å². The molecule has 4 nitrogen and oxygen atoms in total. The molecular formula is C20H17ClN2O2. The first kappa shape index (κ1) is 15.8. The molecule has 0 bridgehead atoms. The molecule has 25 heavy (non-hydrogen) atoms. The Morgan fingerprint density at radius 3 is 2.84 bits per heavy atom. The van der Waals surface area contributed by atoms with Crippen molar-refractivity contribution in [2.45, 2.75) is 0 Å². The summed E-state index contributed by atoms with van der Waals surface area (Å²) in [6.45, 7) is 1.12. The van der Waals surface area contributed by atoms with Crippen LogP contribution in [-0.4, -0.2) is 36.0 Å². The van der Waals surface area contributed by atoms with Crippen LogP contribution < -0.4 is 4.74 Å². The number of amides is 1. The molecule has 0 spiro atoms. The summed E-state index contributed by atoms with van der Waals surface area (Å²) in [5.41, 5.74) is 3.50. The van der Waals surface area contributed by atoms with Crippen molar-refractivity contribution in [1.29, 1.82) is 0 Å². The number of methoxy groups -OCH3 is 1. The van der Waals surface area contributed by atoms with Crippen LogP contribution in [-0.2, 0) is 0 Å². The molecule has 4 rings (SSSR count). The van der Waals surface area contributed by atoms with Crippen LogP contribution in [0.25, 0.3) is 16.5 Å². The number of hydrogen-bond acceptors (Lipinski definition) is 2. The zero-order valence-corrected chi connectivity index (χ0v) is 14.5. The highest BCUT2D eigenvalue weighted by molar-refractivity contribution is 6.38. The number of aromatic amines is 1. The van der Waals surface area contributed by atoms with Crippen LogP contribution in [0.4, 0.5) is 0 Å². The molecule has 0 atom stereocenters. The Labute approximate surface area is 150 Å². The number of benzene rings is 2. The molecule has 126 valence electrons. The molecule has 0 unspecified atom stereocenters. The molecule has 2 heterocycles. The number of H-pyrrole nitrogens is 1. The predicted octanol–water partition coefficient (Wildman–Crippen LogP) is 4.37. The largest absolute Gasteiger partial charge is 0.497 e. The fourth-order valence-corrected chi connectivity index (χ4v) is 3.45. The Morgan fingerprint density at radius 1 is 1.20 bits per heavy atom. The van der Waals surface area contributed by atoms with E-state index in [-0.39, 0.29) is 5.91 Å². The number of nitrogens with zero attached hydrogens (tertiary/aromatic N) is 1. The lowest BCUT2D eigenvalue weighted by molar-refractivity contribution is 0.0797. The second kappa shape index (κ2) is 6.30. The quantitative estimate of drug-likeness (QED) is 0.760. The fraction of sp³-hybridized carbons (Fsp3) is 0.150. The Bertz CT molecular complexity index is 990. The summed E-state index contributed by atoms with van der Waals surface area (Å²) in [7, 11) is 1.65. The summed E-state index contributed by atoms with van der Waals surface area (Å²) in [5, 5.41) is 1.35. The van der Waals surface area contributed by atoms with Crippen LogP contribution in [0.5, 0.6) is 5.75 Å². The van der Waals surface area contributed by atoms with E-state index in [1.54, 1.807) is 12.0 Å². The van der Waals surface area contributed by atoms with E-state index in [9.17, 15) is 4.79 Å². The highest BCUT2D eigenvalue weighted by atomic mass is 35.5. The average Bonchev–Trinajstić information content (AvgIpc) is 3.27. The van der Waals surface area contributed by atoms with E-state index in [0.717, 1.165) is 27.8 Å². The summed E-state index contributed by atoms with van der Waals surface area (Å²) in [6, 6.07) is 15.5. The first-order chi connectivity index (χ1) is 12.2. The molecule has 1 aliphatic rings. The molecule has 3 aromatic rings. The van der Waals surface area contributed by atoms with Gasteiger partial charge in [-0.2, -0.15) is 0 Å². The maximum atomic E-state index is 12.9. The molecule has 0 fully saturated rings. The molecular weight excluding hydrogens is 336 g/mol. The third-order valence-corrected chi connectivity index (χ3v) is 4.90. The van der Waals surface area contributed by atoms with Gasteiger partial charge in [-0.05, 0) is 29.3 Å². The first-order valence-electron chi connectivity index (χ1n) is 8.06. The summed E-state index contributed by atoms with van der Waals surface area (Å²) < 4.78 is 5.28. The third-order valence-electron chi connectivity index (χ3n) is 4.50. The summed E-state index contributed by atoms with van der Waals surface area (Å²) >= 11 is 6.41. The molecule has 0 radical (unpaired) electrons. The molecule has 1 aromatic heterocycles. The number of carbonyl (C=O) groups is 1. The van der Waals surface area contributed by atoms with Gasteiger partial charge in [0.2, 0.25) is 0 Å². The first-order valence-corrected chi connectivity index (χ1v) is 8.44. The lowest BCUT2D eigenvalue weighted by Crippen LogP contribution is -2.29. The number of fused-ring (bicyclic) bond motifs is 1. The normalized spacial score (nSPS) is 14.0. The molecule has 1 aliphatic heterocycles. The van der Waals surface area contributed by atoms with Gasteiger partial charge in [0.25, 0.3) is 5.91 Å². The van der Waals surface area contributed by atoms with E-state index in [4.69, 9.17) is 16.3 Å². The van der Waals surface area contributed by atoms with Crippen LogP contribution >= 0.6 is 11.6 Å². The average molecular weight is 353 g/mol. The molecule has 0 saturated carbocycles. The second-order valence-electron chi connectivity index (χ2n) is 6.01. The van der Waals surface area contributed by atoms with Crippen molar-refractivity contribution in [2.24, 2.45) is 0 Å². The van der Waals surface area contributed by atoms with Gasteiger partial charge < -0.3 is 14.6 Å². The molecule has 2 aromatic carbocycles. The van der Waals surface area contributed by atoms with Crippen LogP contribution in [0.3, 0.4) is 0 Å². The number of hydrogen-bond donors (Lipinski definition) is 1. The van der Waals surface area contributed by atoms with E-state index in [1.165, 1.54) is 0 Å². The van der Waals surface area contributed by atoms with Crippen LogP contribution in [0, 0.1) is 0 Å². The van der Waals surface area contributed by atoms with Crippen LogP contribution in [0.1, 0.15) is 16.1 Å². The van der Waals surface area contributed by atoms with Crippen LogP contribution in [0.2, 0.25) is 5.02 Å². The van der Waals surface area contributed by atoms with Gasteiger partial charge in [-0.25, -0.2) is 0 Å². The topological polar surface area (TPSA) is 45.3 Å². The number of aromatic nitrogens is 1. The number of halogens is 1. The van der Waals surface area contributed by atoms with Gasteiger partial charge in [-0.15, -0.1) is 0 Å². The molecule has 1 amide bonds. The lowest BCUT2D eigenvalue weighted by atomic mass is 10.1. The highest BCUT2D eigenvalue weighted by Gasteiger charge is 2.25. The maximum Gasteiger partial charge on any atom is 0.272 e. The number of rotatable bonds is 3. The highest BCUT2D eigenvalue weighted by Crippen LogP contribution is 2.30. The second-order valence-corrected chi connectivity index (χ2v) is 6.38. The maximum absolute atomic E-state index is 12.9. The zero-order chi connectivity index (χ0) is 17.4. The van der Waals surface area contributed by atoms with E-state index in [1.807, 2.05) is 48.5 Å². The Morgan fingerprint density at radius 2 is 2.04 bits per heavy atom. The Kier molecular flexibility index (Phi) is 3.98. The Hall–Kier alpha value is -2.72. The van der Waals surface area contributed by atoms with Gasteiger partial charge in [-0.3, -0.25) is 4.79 Å². The minimum atomic E-state index is -0.0876. The van der Waals surface area contributed by atoms with E-state index >= 15 is 0 Å². The lowest BCUT2D eigenvalue weighted by Gasteiger charge is -2.16. The van der Waals surface area contributed by atoms with Gasteiger partial charge in [0, 0.05) is 24.0 Å². The van der Waals surface area contributed by atoms with Gasteiger partial charge in [0.1, 0.15) is 11.4 Å². The zero-order valence-electron chi connectivity index (χ0n) is 13.8.